The van der Waals surface area contributed by atoms with Crippen LogP contribution in [0.5, 0.6) is 0 Å². The van der Waals surface area contributed by atoms with E-state index in [1.54, 1.807) is 6.07 Å². The summed E-state index contributed by atoms with van der Waals surface area (Å²) in [5.41, 5.74) is 5.94. The predicted molar refractivity (Wildman–Crippen MR) is 79.3 cm³/mol. The van der Waals surface area contributed by atoms with Crippen molar-refractivity contribution in [3.8, 4) is 0 Å². The molecular formula is C13H19ClN2O3S. The Morgan fingerprint density at radius 3 is 2.75 bits per heavy atom. The molecule has 112 valence electrons. The van der Waals surface area contributed by atoms with Gasteiger partial charge in [0.15, 0.2) is 0 Å². The molecule has 2 rings (SSSR count). The summed E-state index contributed by atoms with van der Waals surface area (Å²) in [4.78, 5) is 0.0000306. The molecule has 0 unspecified atom stereocenters. The Bertz CT molecular complexity index is 557. The number of rotatable bonds is 6. The van der Waals surface area contributed by atoms with Gasteiger partial charge in [-0.15, -0.1) is 0 Å². The van der Waals surface area contributed by atoms with E-state index in [1.165, 1.54) is 25.0 Å². The molecule has 0 spiro atoms. The van der Waals surface area contributed by atoms with E-state index in [9.17, 15) is 8.42 Å². The second-order valence-electron chi connectivity index (χ2n) is 4.86. The highest BCUT2D eigenvalue weighted by molar-refractivity contribution is 7.89. The first kappa shape index (κ1) is 15.6. The van der Waals surface area contributed by atoms with Gasteiger partial charge in [-0.05, 0) is 31.0 Å². The fourth-order valence-electron chi connectivity index (χ4n) is 2.26. The van der Waals surface area contributed by atoms with Gasteiger partial charge in [0.1, 0.15) is 4.90 Å². The summed E-state index contributed by atoms with van der Waals surface area (Å²) in [6.07, 6.45) is 4.78. The molecule has 0 radical (unpaired) electrons. The smallest absolute Gasteiger partial charge is 0.242 e. The molecule has 0 amide bonds. The van der Waals surface area contributed by atoms with Crippen molar-refractivity contribution in [2.45, 2.75) is 36.7 Å². The molecule has 0 saturated heterocycles. The van der Waals surface area contributed by atoms with Crippen LogP contribution in [0.4, 0.5) is 5.69 Å². The highest BCUT2D eigenvalue weighted by Crippen LogP contribution is 2.23. The van der Waals surface area contributed by atoms with Crippen LogP contribution in [-0.2, 0) is 14.8 Å². The van der Waals surface area contributed by atoms with E-state index in [2.05, 4.69) is 4.72 Å². The molecule has 1 aromatic rings. The number of anilines is 1. The average molecular weight is 319 g/mol. The second-order valence-corrected chi connectivity index (χ2v) is 7.01. The van der Waals surface area contributed by atoms with Crippen LogP contribution in [-0.4, -0.2) is 27.7 Å². The van der Waals surface area contributed by atoms with Crippen LogP contribution < -0.4 is 10.5 Å². The molecule has 5 nitrogen and oxygen atoms in total. The minimum Gasteiger partial charge on any atom is -0.399 e. The standard InChI is InChI=1S/C13H19ClN2O3S/c14-12-6-5-10(15)9-13(12)20(17,18)16-7-8-19-11-3-1-2-4-11/h5-6,9,11,16H,1-4,7-8,15H2. The van der Waals surface area contributed by atoms with Crippen molar-refractivity contribution in [1.82, 2.24) is 4.72 Å². The first-order valence-corrected chi connectivity index (χ1v) is 8.51. The number of benzene rings is 1. The first-order valence-electron chi connectivity index (χ1n) is 6.65. The molecular weight excluding hydrogens is 300 g/mol. The Morgan fingerprint density at radius 1 is 1.35 bits per heavy atom. The van der Waals surface area contributed by atoms with Crippen molar-refractivity contribution in [1.29, 1.82) is 0 Å². The Labute approximate surface area is 124 Å². The van der Waals surface area contributed by atoms with Crippen LogP contribution in [0.15, 0.2) is 23.1 Å². The number of hydrogen-bond donors (Lipinski definition) is 2. The summed E-state index contributed by atoms with van der Waals surface area (Å²) in [7, 11) is -3.65. The van der Waals surface area contributed by atoms with Crippen LogP contribution in [0.3, 0.4) is 0 Å². The normalized spacial score (nSPS) is 16.6. The molecule has 0 heterocycles. The Kier molecular flexibility index (Phi) is 5.26. The molecule has 20 heavy (non-hydrogen) atoms. The summed E-state index contributed by atoms with van der Waals surface area (Å²) in [5.74, 6) is 0. The van der Waals surface area contributed by atoms with Crippen molar-refractivity contribution in [2.24, 2.45) is 0 Å². The fourth-order valence-corrected chi connectivity index (χ4v) is 3.81. The lowest BCUT2D eigenvalue weighted by molar-refractivity contribution is 0.0626. The van der Waals surface area contributed by atoms with Crippen molar-refractivity contribution in [2.75, 3.05) is 18.9 Å². The van der Waals surface area contributed by atoms with Gasteiger partial charge in [0.25, 0.3) is 0 Å². The van der Waals surface area contributed by atoms with Gasteiger partial charge in [0.2, 0.25) is 10.0 Å². The SMILES string of the molecule is Nc1ccc(Cl)c(S(=O)(=O)NCCOC2CCCC2)c1. The number of ether oxygens (including phenoxy) is 1. The van der Waals surface area contributed by atoms with Crippen molar-refractivity contribution in [3.05, 3.63) is 23.2 Å². The zero-order valence-corrected chi connectivity index (χ0v) is 12.7. The molecule has 1 aliphatic carbocycles. The van der Waals surface area contributed by atoms with Gasteiger partial charge in [-0.3, -0.25) is 0 Å². The maximum Gasteiger partial charge on any atom is 0.242 e. The first-order chi connectivity index (χ1) is 9.49. The molecule has 1 aliphatic rings. The minimum absolute atomic E-state index is 0.0000306. The van der Waals surface area contributed by atoms with Crippen molar-refractivity contribution >= 4 is 27.3 Å². The molecule has 1 aromatic carbocycles. The zero-order chi connectivity index (χ0) is 14.6. The number of sulfonamides is 1. The summed E-state index contributed by atoms with van der Waals surface area (Å²) in [5, 5.41) is 0.156. The number of nitrogens with one attached hydrogen (secondary N) is 1. The quantitative estimate of drug-likeness (QED) is 0.622. The lowest BCUT2D eigenvalue weighted by atomic mass is 10.3. The molecule has 1 saturated carbocycles. The summed E-state index contributed by atoms with van der Waals surface area (Å²) in [6, 6.07) is 4.38. The highest BCUT2D eigenvalue weighted by Gasteiger charge is 2.19. The van der Waals surface area contributed by atoms with Crippen molar-refractivity contribution < 1.29 is 13.2 Å². The third-order valence-electron chi connectivity index (χ3n) is 3.29. The van der Waals surface area contributed by atoms with Gasteiger partial charge >= 0.3 is 0 Å². The van der Waals surface area contributed by atoms with Crippen LogP contribution in [0.25, 0.3) is 0 Å². The van der Waals surface area contributed by atoms with E-state index in [-0.39, 0.29) is 22.6 Å². The van der Waals surface area contributed by atoms with Gasteiger partial charge in [-0.1, -0.05) is 24.4 Å². The lowest BCUT2D eigenvalue weighted by Gasteiger charge is -2.12. The van der Waals surface area contributed by atoms with Crippen LogP contribution in [0, 0.1) is 0 Å². The predicted octanol–water partition coefficient (Wildman–Crippen LogP) is 2.16. The largest absolute Gasteiger partial charge is 0.399 e. The van der Waals surface area contributed by atoms with Crippen LogP contribution in [0.1, 0.15) is 25.7 Å². The number of hydrogen-bond acceptors (Lipinski definition) is 4. The van der Waals surface area contributed by atoms with Gasteiger partial charge in [-0.25, -0.2) is 13.1 Å². The monoisotopic (exact) mass is 318 g/mol. The Morgan fingerprint density at radius 2 is 2.05 bits per heavy atom. The summed E-state index contributed by atoms with van der Waals surface area (Å²) < 4.78 is 32.3. The van der Waals surface area contributed by atoms with Gasteiger partial charge in [0, 0.05) is 12.2 Å². The molecule has 0 aliphatic heterocycles. The van der Waals surface area contributed by atoms with Crippen molar-refractivity contribution in [3.63, 3.8) is 0 Å². The van der Waals surface area contributed by atoms with Gasteiger partial charge in [0.05, 0.1) is 17.7 Å². The average Bonchev–Trinajstić information content (AvgIpc) is 2.90. The summed E-state index contributed by atoms with van der Waals surface area (Å²) in [6.45, 7) is 0.591. The molecule has 0 bridgehead atoms. The molecule has 1 fully saturated rings. The topological polar surface area (TPSA) is 81.4 Å². The highest BCUT2D eigenvalue weighted by atomic mass is 35.5. The maximum absolute atomic E-state index is 12.1. The second kappa shape index (κ2) is 6.76. The van der Waals surface area contributed by atoms with Gasteiger partial charge in [-0.2, -0.15) is 0 Å². The van der Waals surface area contributed by atoms with Crippen LogP contribution in [0.2, 0.25) is 5.02 Å². The third-order valence-corrected chi connectivity index (χ3v) is 5.24. The third kappa shape index (κ3) is 4.09. The summed E-state index contributed by atoms with van der Waals surface area (Å²) >= 11 is 5.89. The van der Waals surface area contributed by atoms with Crippen LogP contribution >= 0.6 is 11.6 Å². The van der Waals surface area contributed by atoms with E-state index in [0.29, 0.717) is 12.3 Å². The minimum atomic E-state index is -3.65. The molecule has 3 N–H and O–H groups in total. The maximum atomic E-state index is 12.1. The van der Waals surface area contributed by atoms with E-state index < -0.39 is 10.0 Å². The van der Waals surface area contributed by atoms with E-state index in [1.807, 2.05) is 0 Å². The molecule has 0 atom stereocenters. The number of nitrogen functional groups attached to an aromatic ring is 1. The zero-order valence-electron chi connectivity index (χ0n) is 11.1. The Hall–Kier alpha value is -0.820. The molecule has 7 heteroatoms. The number of halogens is 1. The lowest BCUT2D eigenvalue weighted by Crippen LogP contribution is -2.28. The number of nitrogens with two attached hydrogens (primary N) is 1. The fraction of sp³-hybridized carbons (Fsp3) is 0.538. The van der Waals surface area contributed by atoms with E-state index in [0.717, 1.165) is 12.8 Å². The van der Waals surface area contributed by atoms with E-state index in [4.69, 9.17) is 22.1 Å². The van der Waals surface area contributed by atoms with Gasteiger partial charge < -0.3 is 10.5 Å². The van der Waals surface area contributed by atoms with E-state index >= 15 is 0 Å². The molecule has 0 aromatic heterocycles. The Balaban J connectivity index is 1.88.